The van der Waals surface area contributed by atoms with Gasteiger partial charge in [0.05, 0.1) is 10.3 Å². The summed E-state index contributed by atoms with van der Waals surface area (Å²) < 4.78 is 38.2. The summed E-state index contributed by atoms with van der Waals surface area (Å²) in [6, 6.07) is 18.3. The van der Waals surface area contributed by atoms with Gasteiger partial charge in [0.25, 0.3) is 0 Å². The lowest BCUT2D eigenvalue weighted by Crippen LogP contribution is -2.27. The largest absolute Gasteiger partial charge is 0.454 e. The average molecular weight is 495 g/mol. The molecular weight excluding hydrogens is 464 g/mol. The molecule has 0 atom stereocenters. The van der Waals surface area contributed by atoms with Crippen LogP contribution in [0.15, 0.2) is 65.6 Å². The van der Waals surface area contributed by atoms with Crippen LogP contribution in [0.2, 0.25) is 0 Å². The highest BCUT2D eigenvalue weighted by atomic mass is 32.2. The van der Waals surface area contributed by atoms with Gasteiger partial charge < -0.3 is 14.8 Å². The Morgan fingerprint density at radius 1 is 1.00 bits per heavy atom. The maximum Gasteiger partial charge on any atom is 0.240 e. The number of carbonyl (C=O) groups is 1. The van der Waals surface area contributed by atoms with E-state index in [1.165, 1.54) is 0 Å². The van der Waals surface area contributed by atoms with Crippen LogP contribution in [-0.4, -0.2) is 27.7 Å². The van der Waals surface area contributed by atoms with Crippen LogP contribution in [0.5, 0.6) is 11.5 Å². The first-order chi connectivity index (χ1) is 16.8. The maximum atomic E-state index is 13.3. The monoisotopic (exact) mass is 494 g/mol. The van der Waals surface area contributed by atoms with Crippen LogP contribution < -0.4 is 19.5 Å². The first-order valence-electron chi connectivity index (χ1n) is 11.7. The van der Waals surface area contributed by atoms with Crippen LogP contribution in [0.4, 0.5) is 5.69 Å². The van der Waals surface area contributed by atoms with E-state index in [0.29, 0.717) is 23.7 Å². The Balaban J connectivity index is 0.00000304. The minimum atomic E-state index is -3.52. The van der Waals surface area contributed by atoms with Crippen molar-refractivity contribution in [1.29, 1.82) is 0 Å². The number of rotatable bonds is 8. The Morgan fingerprint density at radius 3 is 2.46 bits per heavy atom. The van der Waals surface area contributed by atoms with Gasteiger partial charge in [-0.25, -0.2) is 13.1 Å². The highest BCUT2D eigenvalue weighted by molar-refractivity contribution is 7.89. The molecule has 1 saturated carbocycles. The summed E-state index contributed by atoms with van der Waals surface area (Å²) >= 11 is 0. The molecule has 0 spiro atoms. The SMILES string of the molecule is CCCNS(=O)(=O)c1ccc(-c2cc(NC(=O)C3(c4ccc5c(c4)OCO5)CC3)ccc2C)cc1.[HH]. The van der Waals surface area contributed by atoms with E-state index in [2.05, 4.69) is 10.0 Å². The van der Waals surface area contributed by atoms with Crippen molar-refractivity contribution in [2.75, 3.05) is 18.7 Å². The molecule has 2 aliphatic rings. The van der Waals surface area contributed by atoms with E-state index in [0.717, 1.165) is 41.5 Å². The zero-order chi connectivity index (χ0) is 24.6. The van der Waals surface area contributed by atoms with Crippen LogP contribution >= 0.6 is 0 Å². The minimum Gasteiger partial charge on any atom is -0.454 e. The van der Waals surface area contributed by atoms with Crippen molar-refractivity contribution < 1.29 is 24.1 Å². The summed E-state index contributed by atoms with van der Waals surface area (Å²) in [4.78, 5) is 13.5. The second-order valence-corrected chi connectivity index (χ2v) is 10.8. The van der Waals surface area contributed by atoms with Crippen molar-refractivity contribution in [3.63, 3.8) is 0 Å². The molecule has 1 fully saturated rings. The third-order valence-electron chi connectivity index (χ3n) is 6.62. The molecule has 1 amide bonds. The molecule has 0 radical (unpaired) electrons. The molecule has 8 heteroatoms. The second-order valence-electron chi connectivity index (χ2n) is 9.06. The van der Waals surface area contributed by atoms with Crippen LogP contribution in [-0.2, 0) is 20.2 Å². The topological polar surface area (TPSA) is 93.7 Å². The van der Waals surface area contributed by atoms with Gasteiger partial charge in [-0.3, -0.25) is 4.79 Å². The Hall–Kier alpha value is -3.36. The summed E-state index contributed by atoms with van der Waals surface area (Å²) in [5, 5.41) is 3.09. The van der Waals surface area contributed by atoms with E-state index >= 15 is 0 Å². The number of hydrogen-bond donors (Lipinski definition) is 2. The Labute approximate surface area is 207 Å². The molecule has 1 aliphatic carbocycles. The zero-order valence-electron chi connectivity index (χ0n) is 19.8. The first kappa shape index (κ1) is 23.4. The van der Waals surface area contributed by atoms with Crippen molar-refractivity contribution in [1.82, 2.24) is 4.72 Å². The third-order valence-corrected chi connectivity index (χ3v) is 8.10. The van der Waals surface area contributed by atoms with Gasteiger partial charge in [-0.1, -0.05) is 31.2 Å². The van der Waals surface area contributed by atoms with Crippen LogP contribution in [0.3, 0.4) is 0 Å². The van der Waals surface area contributed by atoms with Crippen molar-refractivity contribution in [2.24, 2.45) is 0 Å². The van der Waals surface area contributed by atoms with E-state index in [1.54, 1.807) is 24.3 Å². The molecule has 0 unspecified atom stereocenters. The molecule has 3 aromatic rings. The summed E-state index contributed by atoms with van der Waals surface area (Å²) in [6.45, 7) is 4.51. The van der Waals surface area contributed by atoms with Gasteiger partial charge in [-0.05, 0) is 84.8 Å². The number of benzene rings is 3. The molecular formula is C27H30N2O5S. The Kier molecular flexibility index (Phi) is 6.02. The van der Waals surface area contributed by atoms with Crippen LogP contribution in [0.1, 0.15) is 38.7 Å². The number of aryl methyl sites for hydroxylation is 1. The predicted octanol–water partition coefficient (Wildman–Crippen LogP) is 5.00. The quantitative estimate of drug-likeness (QED) is 0.460. The zero-order valence-corrected chi connectivity index (χ0v) is 20.6. The average Bonchev–Trinajstić information content (AvgIpc) is 3.55. The normalized spacial score (nSPS) is 15.6. The van der Waals surface area contributed by atoms with Gasteiger partial charge in [0.2, 0.25) is 22.7 Å². The maximum absolute atomic E-state index is 13.3. The van der Waals surface area contributed by atoms with Crippen molar-refractivity contribution in [3.05, 3.63) is 71.8 Å². The van der Waals surface area contributed by atoms with Crippen LogP contribution in [0.25, 0.3) is 11.1 Å². The summed E-state index contributed by atoms with van der Waals surface area (Å²) in [5.41, 5.74) is 3.91. The van der Waals surface area contributed by atoms with E-state index in [4.69, 9.17) is 9.47 Å². The minimum absolute atomic E-state index is 0. The molecule has 0 saturated heterocycles. The number of fused-ring (bicyclic) bond motifs is 1. The summed E-state index contributed by atoms with van der Waals surface area (Å²) in [7, 11) is -3.52. The number of hydrogen-bond acceptors (Lipinski definition) is 5. The Morgan fingerprint density at radius 2 is 1.74 bits per heavy atom. The van der Waals surface area contributed by atoms with Gasteiger partial charge in [0, 0.05) is 13.7 Å². The molecule has 5 rings (SSSR count). The number of carbonyl (C=O) groups excluding carboxylic acids is 1. The second kappa shape index (κ2) is 9.02. The van der Waals surface area contributed by atoms with E-state index < -0.39 is 15.4 Å². The number of sulfonamides is 1. The lowest BCUT2D eigenvalue weighted by atomic mass is 9.94. The fraction of sp³-hybridized carbons (Fsp3) is 0.296. The highest BCUT2D eigenvalue weighted by Crippen LogP contribution is 2.51. The lowest BCUT2D eigenvalue weighted by molar-refractivity contribution is -0.118. The first-order valence-corrected chi connectivity index (χ1v) is 13.2. The van der Waals surface area contributed by atoms with E-state index in [-0.39, 0.29) is 19.0 Å². The van der Waals surface area contributed by atoms with Crippen molar-refractivity contribution >= 4 is 21.6 Å². The van der Waals surface area contributed by atoms with Crippen LogP contribution in [0, 0.1) is 6.92 Å². The van der Waals surface area contributed by atoms with Crippen molar-refractivity contribution in [3.8, 4) is 22.6 Å². The number of nitrogens with one attached hydrogen (secondary N) is 2. The molecule has 1 aliphatic heterocycles. The van der Waals surface area contributed by atoms with Gasteiger partial charge in [-0.2, -0.15) is 0 Å². The molecule has 0 bridgehead atoms. The smallest absolute Gasteiger partial charge is 0.240 e. The van der Waals surface area contributed by atoms with E-state index in [9.17, 15) is 13.2 Å². The molecule has 184 valence electrons. The predicted molar refractivity (Wildman–Crippen MR) is 136 cm³/mol. The Bertz CT molecular complexity index is 1390. The number of ether oxygens (including phenoxy) is 2. The summed E-state index contributed by atoms with van der Waals surface area (Å²) in [6.07, 6.45) is 2.28. The van der Waals surface area contributed by atoms with Gasteiger partial charge in [0.15, 0.2) is 11.5 Å². The highest BCUT2D eigenvalue weighted by Gasteiger charge is 2.51. The lowest BCUT2D eigenvalue weighted by Gasteiger charge is -2.17. The molecule has 7 nitrogen and oxygen atoms in total. The fourth-order valence-electron chi connectivity index (χ4n) is 4.36. The van der Waals surface area contributed by atoms with Gasteiger partial charge in [0.1, 0.15) is 0 Å². The van der Waals surface area contributed by atoms with Gasteiger partial charge >= 0.3 is 0 Å². The molecule has 3 aromatic carbocycles. The molecule has 1 heterocycles. The van der Waals surface area contributed by atoms with Crippen molar-refractivity contribution in [2.45, 2.75) is 43.4 Å². The standard InChI is InChI=1S/C27H28N2O5S.H2/c1-3-14-28-35(31,32)22-9-5-19(6-10-22)23-16-21(8-4-18(23)2)29-26(30)27(12-13-27)20-7-11-24-25(15-20)34-17-33-24;/h4-11,15-16,28H,3,12-14,17H2,1-2H3,(H,29,30);1H. The fourth-order valence-corrected chi connectivity index (χ4v) is 5.49. The molecule has 35 heavy (non-hydrogen) atoms. The van der Waals surface area contributed by atoms with E-state index in [1.807, 2.05) is 50.2 Å². The molecule has 2 N–H and O–H groups in total. The summed E-state index contributed by atoms with van der Waals surface area (Å²) in [5.74, 6) is 1.33. The number of anilines is 1. The number of amides is 1. The third kappa shape index (κ3) is 4.51. The molecule has 0 aromatic heterocycles. The van der Waals surface area contributed by atoms with Gasteiger partial charge in [-0.15, -0.1) is 0 Å².